The topological polar surface area (TPSA) is 91.0 Å². The number of hydrogen-bond acceptors (Lipinski definition) is 5. The van der Waals surface area contributed by atoms with Crippen molar-refractivity contribution in [3.8, 4) is 0 Å². The Morgan fingerprint density at radius 3 is 2.59 bits per heavy atom. The Kier molecular flexibility index (Phi) is 9.12. The van der Waals surface area contributed by atoms with Crippen LogP contribution in [0.25, 0.3) is 0 Å². The van der Waals surface area contributed by atoms with Crippen LogP contribution in [0.1, 0.15) is 59.8 Å². The average molecular weight is 585 g/mol. The van der Waals surface area contributed by atoms with Gasteiger partial charge in [0.05, 0.1) is 17.9 Å². The number of carbonyl (C=O) groups is 3. The summed E-state index contributed by atoms with van der Waals surface area (Å²) in [6.07, 6.45) is 8.38. The first-order valence-corrected chi connectivity index (χ1v) is 15.8. The highest BCUT2D eigenvalue weighted by Crippen LogP contribution is 2.55. The van der Waals surface area contributed by atoms with Gasteiger partial charge in [0, 0.05) is 29.8 Å². The van der Waals surface area contributed by atoms with Crippen molar-refractivity contribution in [1.29, 1.82) is 0 Å². The fourth-order valence-corrected chi connectivity index (χ4v) is 7.75. The molecule has 1 saturated carbocycles. The summed E-state index contributed by atoms with van der Waals surface area (Å²) in [5, 5.41) is 6.79. The van der Waals surface area contributed by atoms with Crippen molar-refractivity contribution in [3.63, 3.8) is 0 Å². The smallest absolute Gasteiger partial charge is 0.246 e. The zero-order valence-corrected chi connectivity index (χ0v) is 25.5. The molecule has 1 aromatic rings. The number of rotatable bonds is 11. The maximum atomic E-state index is 14.3. The minimum absolute atomic E-state index is 0.0554. The van der Waals surface area contributed by atoms with E-state index in [1.54, 1.807) is 29.2 Å². The Bertz CT molecular complexity index is 1170. The van der Waals surface area contributed by atoms with E-state index in [0.29, 0.717) is 35.6 Å². The van der Waals surface area contributed by atoms with E-state index in [1.165, 1.54) is 0 Å². The van der Waals surface area contributed by atoms with E-state index in [1.807, 2.05) is 12.2 Å². The second-order valence-electron chi connectivity index (χ2n) is 12.5. The largest absolute Gasteiger partial charge is 0.359 e. The van der Waals surface area contributed by atoms with Gasteiger partial charge in [-0.3, -0.25) is 14.4 Å². The molecule has 0 radical (unpaired) electrons. The van der Waals surface area contributed by atoms with Gasteiger partial charge in [-0.25, -0.2) is 0 Å². The van der Waals surface area contributed by atoms with Crippen LogP contribution in [0.3, 0.4) is 0 Å². The summed E-state index contributed by atoms with van der Waals surface area (Å²) in [5.74, 6) is -1.27. The van der Waals surface area contributed by atoms with Crippen molar-refractivity contribution < 1.29 is 19.1 Å². The SMILES string of the molecule is CCCN(CCC)CCN1C(=O)[C@@H]2[C@H](C(=O)Nc3cccc(Cl)c3)[C@@H]3C=C[C@@]2(O3)[C@@H]1C(=O)N[C@@H]1CCC[C@H](C)[C@H]1C. The molecule has 3 heterocycles. The standard InChI is InChI=1S/C32H45ClN4O4/c1-5-15-36(16-6-2)17-18-37-28(30(39)35-24-12-7-9-20(3)21(24)4)32-14-13-25(41-32)26(27(32)31(37)40)29(38)34-23-11-8-10-22(33)19-23/h8,10-11,13-14,19-21,24-28H,5-7,9,12,15-18H2,1-4H3,(H,34,38)(H,35,39)/t20-,21+,24+,25-,26+,27-,28-,32-/m0/s1. The molecule has 2 bridgehead atoms. The molecule has 9 heteroatoms. The molecule has 41 heavy (non-hydrogen) atoms. The monoisotopic (exact) mass is 584 g/mol. The van der Waals surface area contributed by atoms with Crippen molar-refractivity contribution in [2.45, 2.75) is 83.6 Å². The third-order valence-electron chi connectivity index (χ3n) is 9.79. The second kappa shape index (κ2) is 12.4. The van der Waals surface area contributed by atoms with Crippen molar-refractivity contribution in [2.24, 2.45) is 23.7 Å². The predicted molar refractivity (Wildman–Crippen MR) is 160 cm³/mol. The number of fused-ring (bicyclic) bond motifs is 1. The fourth-order valence-electron chi connectivity index (χ4n) is 7.56. The van der Waals surface area contributed by atoms with Crippen LogP contribution in [0.15, 0.2) is 36.4 Å². The minimum atomic E-state index is -1.16. The summed E-state index contributed by atoms with van der Waals surface area (Å²) in [6.45, 7) is 11.7. The summed E-state index contributed by atoms with van der Waals surface area (Å²) >= 11 is 6.14. The fraction of sp³-hybridized carbons (Fsp3) is 0.656. The molecule has 8 atom stereocenters. The molecule has 8 nitrogen and oxygen atoms in total. The number of hydrogen-bond donors (Lipinski definition) is 2. The Balaban J connectivity index is 1.43. The molecular weight excluding hydrogens is 540 g/mol. The average Bonchev–Trinajstić information content (AvgIpc) is 3.57. The zero-order valence-electron chi connectivity index (χ0n) is 24.8. The number of halogens is 1. The highest BCUT2D eigenvalue weighted by Gasteiger charge is 2.72. The van der Waals surface area contributed by atoms with E-state index >= 15 is 0 Å². The van der Waals surface area contributed by atoms with E-state index < -0.39 is 29.6 Å². The lowest BCUT2D eigenvalue weighted by Gasteiger charge is -2.38. The lowest BCUT2D eigenvalue weighted by molar-refractivity contribution is -0.141. The molecule has 0 unspecified atom stereocenters. The van der Waals surface area contributed by atoms with Crippen LogP contribution in [0.4, 0.5) is 5.69 Å². The maximum absolute atomic E-state index is 14.3. The quantitative estimate of drug-likeness (QED) is 0.374. The molecule has 3 amide bonds. The maximum Gasteiger partial charge on any atom is 0.246 e. The van der Waals surface area contributed by atoms with Crippen molar-refractivity contribution in [1.82, 2.24) is 15.1 Å². The third-order valence-corrected chi connectivity index (χ3v) is 10.0. The van der Waals surface area contributed by atoms with Crippen molar-refractivity contribution in [2.75, 3.05) is 31.5 Å². The second-order valence-corrected chi connectivity index (χ2v) is 12.9. The minimum Gasteiger partial charge on any atom is -0.359 e. The molecule has 3 aliphatic heterocycles. The third kappa shape index (κ3) is 5.67. The molecule has 224 valence electrons. The normalized spacial score (nSPS) is 33.9. The van der Waals surface area contributed by atoms with E-state index in [9.17, 15) is 14.4 Å². The van der Waals surface area contributed by atoms with Crippen LogP contribution in [0, 0.1) is 23.7 Å². The van der Waals surface area contributed by atoms with Gasteiger partial charge in [0.15, 0.2) is 0 Å². The first-order chi connectivity index (χ1) is 19.7. The van der Waals surface area contributed by atoms with Gasteiger partial charge < -0.3 is 25.2 Å². The Morgan fingerprint density at radius 2 is 1.88 bits per heavy atom. The van der Waals surface area contributed by atoms with Gasteiger partial charge >= 0.3 is 0 Å². The lowest BCUT2D eigenvalue weighted by Crippen LogP contribution is -2.58. The Morgan fingerprint density at radius 1 is 1.12 bits per heavy atom. The number of nitrogens with zero attached hydrogens (tertiary/aromatic N) is 2. The van der Waals surface area contributed by atoms with Crippen LogP contribution in [-0.4, -0.2) is 77.5 Å². The molecule has 2 N–H and O–H groups in total. The number of ether oxygens (including phenoxy) is 1. The highest BCUT2D eigenvalue weighted by molar-refractivity contribution is 6.30. The van der Waals surface area contributed by atoms with E-state index in [0.717, 1.165) is 45.2 Å². The van der Waals surface area contributed by atoms with Gasteiger partial charge in [-0.2, -0.15) is 0 Å². The summed E-state index contributed by atoms with van der Waals surface area (Å²) < 4.78 is 6.52. The van der Waals surface area contributed by atoms with Gasteiger partial charge in [-0.15, -0.1) is 0 Å². The van der Waals surface area contributed by atoms with Crippen molar-refractivity contribution in [3.05, 3.63) is 41.4 Å². The molecule has 1 aromatic carbocycles. The first-order valence-electron chi connectivity index (χ1n) is 15.5. The van der Waals surface area contributed by atoms with Gasteiger partial charge in [0.1, 0.15) is 11.6 Å². The van der Waals surface area contributed by atoms with Crippen LogP contribution in [-0.2, 0) is 19.1 Å². The molecule has 4 aliphatic rings. The predicted octanol–water partition coefficient (Wildman–Crippen LogP) is 4.49. The molecule has 0 aromatic heterocycles. The molecule has 2 saturated heterocycles. The molecule has 1 spiro atoms. The summed E-state index contributed by atoms with van der Waals surface area (Å²) in [7, 11) is 0. The lowest BCUT2D eigenvalue weighted by atomic mass is 9.73. The number of amides is 3. The summed E-state index contributed by atoms with van der Waals surface area (Å²) in [5.41, 5.74) is -0.596. The van der Waals surface area contributed by atoms with Crippen LogP contribution < -0.4 is 10.6 Å². The van der Waals surface area contributed by atoms with E-state index in [4.69, 9.17) is 16.3 Å². The van der Waals surface area contributed by atoms with Gasteiger partial charge in [-0.05, 0) is 62.4 Å². The number of benzene rings is 1. The van der Waals surface area contributed by atoms with Gasteiger partial charge in [0.25, 0.3) is 0 Å². The van der Waals surface area contributed by atoms with Crippen LogP contribution in [0.2, 0.25) is 5.02 Å². The Hall–Kier alpha value is -2.42. The van der Waals surface area contributed by atoms with E-state index in [-0.39, 0.29) is 23.8 Å². The number of carbonyl (C=O) groups excluding carboxylic acids is 3. The number of nitrogens with one attached hydrogen (secondary N) is 2. The van der Waals surface area contributed by atoms with Crippen LogP contribution in [0.5, 0.6) is 0 Å². The number of anilines is 1. The molecule has 5 rings (SSSR count). The Labute approximate surface area is 249 Å². The van der Waals surface area contributed by atoms with Crippen LogP contribution >= 0.6 is 11.6 Å². The zero-order chi connectivity index (χ0) is 29.3. The van der Waals surface area contributed by atoms with Crippen molar-refractivity contribution >= 4 is 35.0 Å². The molecular formula is C32H45ClN4O4. The molecule has 3 fully saturated rings. The summed E-state index contributed by atoms with van der Waals surface area (Å²) in [4.78, 5) is 46.2. The van der Waals surface area contributed by atoms with Gasteiger partial charge in [0.2, 0.25) is 17.7 Å². The van der Waals surface area contributed by atoms with Gasteiger partial charge in [-0.1, -0.05) is 70.4 Å². The number of likely N-dealkylation sites (tertiary alicyclic amines) is 1. The molecule has 1 aliphatic carbocycles. The van der Waals surface area contributed by atoms with E-state index in [2.05, 4.69) is 43.2 Å². The first kappa shape index (κ1) is 30.1. The summed E-state index contributed by atoms with van der Waals surface area (Å²) in [6, 6.07) is 6.20. The highest BCUT2D eigenvalue weighted by atomic mass is 35.5.